The van der Waals surface area contributed by atoms with Crippen LogP contribution >= 0.6 is 11.8 Å². The molecule has 9 heteroatoms. The molecule has 0 unspecified atom stereocenters. The van der Waals surface area contributed by atoms with Gasteiger partial charge in [0.2, 0.25) is 11.7 Å². The predicted octanol–water partition coefficient (Wildman–Crippen LogP) is 5.76. The maximum Gasteiger partial charge on any atom is 0.263 e. The molecule has 1 saturated carbocycles. The van der Waals surface area contributed by atoms with Crippen molar-refractivity contribution < 1.29 is 9.53 Å². The molecule has 0 aliphatic heterocycles. The van der Waals surface area contributed by atoms with Crippen LogP contribution in [0.5, 0.6) is 5.75 Å². The highest BCUT2D eigenvalue weighted by molar-refractivity contribution is 7.99. The smallest absolute Gasteiger partial charge is 0.263 e. The van der Waals surface area contributed by atoms with E-state index in [1.54, 1.807) is 11.7 Å². The number of fused-ring (bicyclic) bond motifs is 6. The van der Waals surface area contributed by atoms with Crippen LogP contribution in [-0.2, 0) is 23.1 Å². The third-order valence-electron chi connectivity index (χ3n) is 9.06. The first-order valence-electron chi connectivity index (χ1n) is 15.3. The van der Waals surface area contributed by atoms with Crippen molar-refractivity contribution in [2.45, 2.75) is 55.5 Å². The van der Waals surface area contributed by atoms with Gasteiger partial charge in [-0.25, -0.2) is 4.57 Å². The Morgan fingerprint density at radius 1 is 0.977 bits per heavy atom. The first kappa shape index (κ1) is 28.4. The monoisotopic (exact) mass is 605 g/mol. The van der Waals surface area contributed by atoms with Crippen molar-refractivity contribution in [1.29, 1.82) is 0 Å². The molecule has 2 aliphatic rings. The lowest BCUT2D eigenvalue weighted by Gasteiger charge is -2.42. The van der Waals surface area contributed by atoms with Crippen LogP contribution in [-0.4, -0.2) is 44.5 Å². The quantitative estimate of drug-likeness (QED) is 0.226. The zero-order valence-electron chi connectivity index (χ0n) is 24.8. The number of methoxy groups -OCH3 is 1. The van der Waals surface area contributed by atoms with Crippen molar-refractivity contribution in [3.8, 4) is 22.7 Å². The van der Waals surface area contributed by atoms with Crippen molar-refractivity contribution in [3.63, 3.8) is 0 Å². The number of amides is 1. The Hall–Kier alpha value is -4.37. The van der Waals surface area contributed by atoms with Gasteiger partial charge in [0.05, 0.1) is 24.2 Å². The van der Waals surface area contributed by atoms with Crippen molar-refractivity contribution in [3.05, 3.63) is 106 Å². The number of hydrogen-bond acceptors (Lipinski definition) is 6. The summed E-state index contributed by atoms with van der Waals surface area (Å²) in [4.78, 5) is 27.7. The minimum Gasteiger partial charge on any atom is -0.497 e. The van der Waals surface area contributed by atoms with Gasteiger partial charge in [0.25, 0.3) is 5.56 Å². The van der Waals surface area contributed by atoms with E-state index in [1.165, 1.54) is 29.3 Å². The molecule has 0 radical (unpaired) electrons. The van der Waals surface area contributed by atoms with Crippen molar-refractivity contribution in [2.24, 2.45) is 0 Å². The van der Waals surface area contributed by atoms with Crippen molar-refractivity contribution >= 4 is 23.4 Å². The summed E-state index contributed by atoms with van der Waals surface area (Å²) in [5, 5.41) is 12.8. The molecule has 224 valence electrons. The number of carbonyl (C=O) groups excluding carboxylic acids is 1. The number of nitrogens with zero attached hydrogens (tertiary/aromatic N) is 4. The molecule has 0 atom stereocenters. The van der Waals surface area contributed by atoms with Gasteiger partial charge in [-0.15, -0.1) is 10.2 Å². The number of aromatic nitrogens is 4. The maximum absolute atomic E-state index is 14.8. The van der Waals surface area contributed by atoms with Gasteiger partial charge in [-0.3, -0.25) is 14.0 Å². The second-order valence-corrected chi connectivity index (χ2v) is 12.7. The fourth-order valence-corrected chi connectivity index (χ4v) is 7.78. The van der Waals surface area contributed by atoms with Crippen molar-refractivity contribution in [2.75, 3.05) is 19.4 Å². The molecule has 2 aliphatic carbocycles. The highest BCUT2D eigenvalue weighted by atomic mass is 32.2. The largest absolute Gasteiger partial charge is 0.497 e. The molecule has 7 rings (SSSR count). The summed E-state index contributed by atoms with van der Waals surface area (Å²) in [5.74, 6) is 1.21. The fraction of sp³-hybridized carbons (Fsp3) is 0.314. The number of ether oxygens (including phenoxy) is 1. The van der Waals surface area contributed by atoms with E-state index >= 15 is 0 Å². The van der Waals surface area contributed by atoms with Gasteiger partial charge in [-0.1, -0.05) is 91.7 Å². The number of benzene rings is 3. The summed E-state index contributed by atoms with van der Waals surface area (Å²) < 4.78 is 9.22. The fourth-order valence-electron chi connectivity index (χ4n) is 7.01. The summed E-state index contributed by atoms with van der Waals surface area (Å²) >= 11 is 1.35. The zero-order valence-corrected chi connectivity index (χ0v) is 25.6. The van der Waals surface area contributed by atoms with E-state index in [4.69, 9.17) is 4.74 Å². The predicted molar refractivity (Wildman–Crippen MR) is 173 cm³/mol. The molecule has 5 aromatic rings. The number of hydrogen-bond donors (Lipinski definition) is 1. The third-order valence-corrected chi connectivity index (χ3v) is 9.99. The molecule has 2 heterocycles. The molecule has 8 nitrogen and oxygen atoms in total. The van der Waals surface area contributed by atoms with Crippen LogP contribution in [0.1, 0.15) is 48.8 Å². The number of nitrogens with one attached hydrogen (secondary N) is 1. The molecule has 1 fully saturated rings. The lowest BCUT2D eigenvalue weighted by atomic mass is 9.62. The van der Waals surface area contributed by atoms with Gasteiger partial charge in [-0.05, 0) is 48.9 Å². The molecule has 1 amide bonds. The Labute approximate surface area is 260 Å². The van der Waals surface area contributed by atoms with Gasteiger partial charge in [0.1, 0.15) is 5.75 Å². The molecule has 0 saturated heterocycles. The van der Waals surface area contributed by atoms with Crippen LogP contribution in [0.25, 0.3) is 22.7 Å². The van der Waals surface area contributed by atoms with Crippen LogP contribution in [0.4, 0.5) is 0 Å². The number of carbonyl (C=O) groups is 1. The Kier molecular flexibility index (Phi) is 7.72. The lowest BCUT2D eigenvalue weighted by Crippen LogP contribution is -2.43. The van der Waals surface area contributed by atoms with Gasteiger partial charge >= 0.3 is 0 Å². The van der Waals surface area contributed by atoms with Gasteiger partial charge in [-0.2, -0.15) is 0 Å². The van der Waals surface area contributed by atoms with Crippen LogP contribution < -0.4 is 15.6 Å². The Morgan fingerprint density at radius 3 is 2.59 bits per heavy atom. The Morgan fingerprint density at radius 2 is 1.77 bits per heavy atom. The van der Waals surface area contributed by atoms with Crippen molar-refractivity contribution in [1.82, 2.24) is 24.5 Å². The second kappa shape index (κ2) is 12.0. The highest BCUT2D eigenvalue weighted by Gasteiger charge is 2.44. The topological polar surface area (TPSA) is 90.5 Å². The lowest BCUT2D eigenvalue weighted by molar-refractivity contribution is -0.118. The van der Waals surface area contributed by atoms with Crippen LogP contribution in [0.3, 0.4) is 0 Å². The minimum atomic E-state index is -0.269. The summed E-state index contributed by atoms with van der Waals surface area (Å²) in [7, 11) is 1.62. The van der Waals surface area contributed by atoms with Gasteiger partial charge in [0, 0.05) is 29.2 Å². The minimum absolute atomic E-state index is 0.0558. The number of thioether (sulfide) groups is 1. The molecule has 1 spiro atoms. The maximum atomic E-state index is 14.8. The highest BCUT2D eigenvalue weighted by Crippen LogP contribution is 2.49. The summed E-state index contributed by atoms with van der Waals surface area (Å²) in [6, 6.07) is 26.0. The van der Waals surface area contributed by atoms with Crippen LogP contribution in [0.15, 0.2) is 88.8 Å². The molecule has 44 heavy (non-hydrogen) atoms. The van der Waals surface area contributed by atoms with E-state index in [0.717, 1.165) is 55.3 Å². The second-order valence-electron chi connectivity index (χ2n) is 11.7. The van der Waals surface area contributed by atoms with E-state index < -0.39 is 0 Å². The first-order chi connectivity index (χ1) is 21.6. The summed E-state index contributed by atoms with van der Waals surface area (Å²) in [6.07, 6.45) is 6.88. The molecule has 2 aromatic heterocycles. The first-order valence-corrected chi connectivity index (χ1v) is 16.3. The number of rotatable bonds is 8. The van der Waals surface area contributed by atoms with Crippen LogP contribution in [0, 0.1) is 0 Å². The molecular formula is C35H35N5O3S. The van der Waals surface area contributed by atoms with E-state index in [2.05, 4.69) is 45.8 Å². The Balaban J connectivity index is 1.34. The molecular weight excluding hydrogens is 570 g/mol. The average molecular weight is 606 g/mol. The van der Waals surface area contributed by atoms with E-state index in [0.29, 0.717) is 28.9 Å². The molecule has 0 bridgehead atoms. The van der Waals surface area contributed by atoms with Gasteiger partial charge < -0.3 is 10.1 Å². The van der Waals surface area contributed by atoms with E-state index in [9.17, 15) is 9.59 Å². The van der Waals surface area contributed by atoms with E-state index in [-0.39, 0.29) is 22.6 Å². The van der Waals surface area contributed by atoms with E-state index in [1.807, 2.05) is 52.9 Å². The summed E-state index contributed by atoms with van der Waals surface area (Å²) in [6.45, 7) is 0.560. The zero-order chi connectivity index (χ0) is 30.1. The SMILES string of the molecule is COc1cccc(-n2c(=O)c3c(n4c(SCC(=O)NCCc5ccccc5)nnc24)-c2ccccc2CC32CCCCC2)c1. The standard InChI is InChI=1S/C35H35N5O3S/c1-43-27-15-10-14-26(21-27)39-32(42)30-31(28-16-7-6-13-25(28)22-35(30)18-8-3-9-19-35)40-33(39)37-38-34(40)44-23-29(41)36-20-17-24-11-4-2-5-12-24/h2,4-7,10-16,21H,3,8-9,17-20,22-23H2,1H3,(H,36,41). The van der Waals surface area contributed by atoms with Gasteiger partial charge in [0.15, 0.2) is 5.16 Å². The molecule has 1 N–H and O–H groups in total. The normalized spacial score (nSPS) is 15.1. The molecule has 3 aromatic carbocycles. The Bertz CT molecular complexity index is 1890. The van der Waals surface area contributed by atoms with Crippen LogP contribution in [0.2, 0.25) is 0 Å². The average Bonchev–Trinajstić information content (AvgIpc) is 3.48. The summed E-state index contributed by atoms with van der Waals surface area (Å²) in [5.41, 5.74) is 5.51. The third kappa shape index (κ3) is 5.09.